The predicted molar refractivity (Wildman–Crippen MR) is 46.5 cm³/mol. The third-order valence-electron chi connectivity index (χ3n) is 2.26. The van der Waals surface area contributed by atoms with Crippen LogP contribution in [-0.2, 0) is 11.3 Å². The van der Waals surface area contributed by atoms with Crippen molar-refractivity contribution in [1.29, 1.82) is 0 Å². The zero-order chi connectivity index (χ0) is 9.42. The molecule has 1 aromatic heterocycles. The molecule has 4 nitrogen and oxygen atoms in total. The molecule has 0 radical (unpaired) electrons. The number of aliphatic carboxylic acids is 1. The first kappa shape index (κ1) is 8.56. The van der Waals surface area contributed by atoms with Crippen molar-refractivity contribution in [3.8, 4) is 0 Å². The Bertz CT molecular complexity index is 337. The number of hydrogen-bond acceptors (Lipinski definition) is 2. The van der Waals surface area contributed by atoms with Crippen LogP contribution in [0.2, 0.25) is 5.02 Å². The Labute approximate surface area is 80.1 Å². The molecule has 0 unspecified atom stereocenters. The molecule has 2 atom stereocenters. The van der Waals surface area contributed by atoms with Crippen molar-refractivity contribution >= 4 is 17.6 Å². The zero-order valence-electron chi connectivity index (χ0n) is 6.85. The summed E-state index contributed by atoms with van der Waals surface area (Å²) in [6, 6.07) is 0. The first-order chi connectivity index (χ1) is 6.16. The van der Waals surface area contributed by atoms with Gasteiger partial charge >= 0.3 is 5.97 Å². The summed E-state index contributed by atoms with van der Waals surface area (Å²) in [5, 5.41) is 13.2. The zero-order valence-corrected chi connectivity index (χ0v) is 7.61. The summed E-state index contributed by atoms with van der Waals surface area (Å²) in [7, 11) is 0. The number of aromatic nitrogens is 2. The molecule has 1 aliphatic carbocycles. The molecule has 5 heteroatoms. The van der Waals surface area contributed by atoms with Gasteiger partial charge in [-0.1, -0.05) is 11.6 Å². The molecule has 1 aromatic rings. The molecule has 70 valence electrons. The summed E-state index contributed by atoms with van der Waals surface area (Å²) in [6.45, 7) is 0.656. The van der Waals surface area contributed by atoms with E-state index in [2.05, 4.69) is 5.10 Å². The van der Waals surface area contributed by atoms with Gasteiger partial charge in [0.15, 0.2) is 0 Å². The van der Waals surface area contributed by atoms with Crippen LogP contribution in [0.4, 0.5) is 0 Å². The Hall–Kier alpha value is -1.03. The molecule has 1 fully saturated rings. The molecule has 1 N–H and O–H groups in total. The third-order valence-corrected chi connectivity index (χ3v) is 2.46. The largest absolute Gasteiger partial charge is 0.481 e. The molecule has 0 saturated heterocycles. The Balaban J connectivity index is 1.91. The van der Waals surface area contributed by atoms with E-state index in [0.29, 0.717) is 11.6 Å². The van der Waals surface area contributed by atoms with Gasteiger partial charge in [0.05, 0.1) is 17.1 Å². The fourth-order valence-corrected chi connectivity index (χ4v) is 1.59. The first-order valence-electron chi connectivity index (χ1n) is 4.07. The average molecular weight is 201 g/mol. The van der Waals surface area contributed by atoms with Crippen molar-refractivity contribution in [2.45, 2.75) is 13.0 Å². The standard InChI is InChI=1S/C8H9ClN2O2/c9-6-2-10-11(4-6)3-5-1-7(5)8(12)13/h2,4-5,7H,1,3H2,(H,12,13)/t5-,7+/m0/s1. The Kier molecular flexibility index (Phi) is 2.00. The van der Waals surface area contributed by atoms with Gasteiger partial charge in [-0.15, -0.1) is 0 Å². The second-order valence-electron chi connectivity index (χ2n) is 3.32. The number of nitrogens with zero attached hydrogens (tertiary/aromatic N) is 2. The van der Waals surface area contributed by atoms with Crippen LogP contribution in [0.3, 0.4) is 0 Å². The first-order valence-corrected chi connectivity index (χ1v) is 4.45. The molecule has 0 amide bonds. The molecule has 0 spiro atoms. The SMILES string of the molecule is O=C(O)[C@@H]1C[C@H]1Cn1cc(Cl)cn1. The summed E-state index contributed by atoms with van der Waals surface area (Å²) in [5.41, 5.74) is 0. The third kappa shape index (κ3) is 1.83. The maximum Gasteiger partial charge on any atom is 0.306 e. The molecule has 1 aliphatic rings. The maximum atomic E-state index is 10.5. The highest BCUT2D eigenvalue weighted by Crippen LogP contribution is 2.39. The normalized spacial score (nSPS) is 25.9. The Morgan fingerprint density at radius 3 is 3.08 bits per heavy atom. The molecule has 1 saturated carbocycles. The van der Waals surface area contributed by atoms with E-state index in [4.69, 9.17) is 16.7 Å². The van der Waals surface area contributed by atoms with Crippen LogP contribution in [0.15, 0.2) is 12.4 Å². The van der Waals surface area contributed by atoms with E-state index >= 15 is 0 Å². The van der Waals surface area contributed by atoms with Gasteiger partial charge in [0.2, 0.25) is 0 Å². The van der Waals surface area contributed by atoms with Crippen molar-refractivity contribution in [1.82, 2.24) is 9.78 Å². The van der Waals surface area contributed by atoms with Crippen molar-refractivity contribution in [2.75, 3.05) is 0 Å². The van der Waals surface area contributed by atoms with Crippen molar-refractivity contribution in [3.63, 3.8) is 0 Å². The molecule has 13 heavy (non-hydrogen) atoms. The average Bonchev–Trinajstić information content (AvgIpc) is 2.69. The van der Waals surface area contributed by atoms with Gasteiger partial charge in [0.1, 0.15) is 0 Å². The number of halogens is 1. The topological polar surface area (TPSA) is 55.1 Å². The van der Waals surface area contributed by atoms with E-state index < -0.39 is 5.97 Å². The highest BCUT2D eigenvalue weighted by molar-refractivity contribution is 6.30. The lowest BCUT2D eigenvalue weighted by Crippen LogP contribution is -2.05. The van der Waals surface area contributed by atoms with Gasteiger partial charge in [0, 0.05) is 12.7 Å². The monoisotopic (exact) mass is 200 g/mol. The number of carboxylic acids is 1. The quantitative estimate of drug-likeness (QED) is 0.799. The highest BCUT2D eigenvalue weighted by atomic mass is 35.5. The lowest BCUT2D eigenvalue weighted by molar-refractivity contribution is -0.138. The van der Waals surface area contributed by atoms with Gasteiger partial charge in [-0.25, -0.2) is 0 Å². The second-order valence-corrected chi connectivity index (χ2v) is 3.76. The fraction of sp³-hybridized carbons (Fsp3) is 0.500. The molecule has 1 heterocycles. The number of rotatable bonds is 3. The van der Waals surface area contributed by atoms with Gasteiger partial charge in [-0.05, 0) is 12.3 Å². The van der Waals surface area contributed by atoms with Crippen molar-refractivity contribution in [3.05, 3.63) is 17.4 Å². The maximum absolute atomic E-state index is 10.5. The number of carboxylic acid groups (broad SMARTS) is 1. The molecule has 2 rings (SSSR count). The molecular weight excluding hydrogens is 192 g/mol. The lowest BCUT2D eigenvalue weighted by atomic mass is 10.3. The minimum absolute atomic E-state index is 0.178. The lowest BCUT2D eigenvalue weighted by Gasteiger charge is -1.97. The summed E-state index contributed by atoms with van der Waals surface area (Å²) in [5.74, 6) is -0.653. The summed E-state index contributed by atoms with van der Waals surface area (Å²) in [6.07, 6.45) is 4.02. The van der Waals surface area contributed by atoms with E-state index in [1.54, 1.807) is 17.1 Å². The molecule has 0 bridgehead atoms. The van der Waals surface area contributed by atoms with Crippen LogP contribution >= 0.6 is 11.6 Å². The van der Waals surface area contributed by atoms with Gasteiger partial charge in [-0.2, -0.15) is 5.10 Å². The minimum atomic E-state index is -0.705. The summed E-state index contributed by atoms with van der Waals surface area (Å²) in [4.78, 5) is 10.5. The van der Waals surface area contributed by atoms with E-state index in [9.17, 15) is 4.79 Å². The van der Waals surface area contributed by atoms with Crippen LogP contribution in [-0.4, -0.2) is 20.9 Å². The molecular formula is C8H9ClN2O2. The van der Waals surface area contributed by atoms with Crippen LogP contribution < -0.4 is 0 Å². The Morgan fingerprint density at radius 2 is 2.62 bits per heavy atom. The number of carbonyl (C=O) groups is 1. The predicted octanol–water partition coefficient (Wildman–Crippen LogP) is 1.26. The smallest absolute Gasteiger partial charge is 0.306 e. The van der Waals surface area contributed by atoms with Crippen LogP contribution in [0, 0.1) is 11.8 Å². The molecule has 0 aliphatic heterocycles. The van der Waals surface area contributed by atoms with Crippen molar-refractivity contribution in [2.24, 2.45) is 11.8 Å². The fourth-order valence-electron chi connectivity index (χ4n) is 1.43. The van der Waals surface area contributed by atoms with Gasteiger partial charge in [0.25, 0.3) is 0 Å². The van der Waals surface area contributed by atoms with Gasteiger partial charge < -0.3 is 5.11 Å². The number of hydrogen-bond donors (Lipinski definition) is 1. The van der Waals surface area contributed by atoms with E-state index in [0.717, 1.165) is 6.42 Å². The molecule has 0 aromatic carbocycles. The van der Waals surface area contributed by atoms with Crippen LogP contribution in [0.1, 0.15) is 6.42 Å². The minimum Gasteiger partial charge on any atom is -0.481 e. The Morgan fingerprint density at radius 1 is 1.85 bits per heavy atom. The van der Waals surface area contributed by atoms with E-state index in [1.165, 1.54) is 0 Å². The highest BCUT2D eigenvalue weighted by Gasteiger charge is 2.43. The van der Waals surface area contributed by atoms with Crippen LogP contribution in [0.25, 0.3) is 0 Å². The second kappa shape index (κ2) is 3.03. The van der Waals surface area contributed by atoms with Crippen molar-refractivity contribution < 1.29 is 9.90 Å². The van der Waals surface area contributed by atoms with Crippen LogP contribution in [0.5, 0.6) is 0 Å². The van der Waals surface area contributed by atoms with E-state index in [-0.39, 0.29) is 11.8 Å². The summed E-state index contributed by atoms with van der Waals surface area (Å²) >= 11 is 5.66. The van der Waals surface area contributed by atoms with Gasteiger partial charge in [-0.3, -0.25) is 9.48 Å². The van der Waals surface area contributed by atoms with E-state index in [1.807, 2.05) is 0 Å². The summed E-state index contributed by atoms with van der Waals surface area (Å²) < 4.78 is 1.69.